The predicted molar refractivity (Wildman–Crippen MR) is 96.9 cm³/mol. The van der Waals surface area contributed by atoms with Gasteiger partial charge in [0.1, 0.15) is 10.6 Å². The van der Waals surface area contributed by atoms with Gasteiger partial charge < -0.3 is 10.4 Å². The maximum Gasteiger partial charge on any atom is 0.258 e. The Kier molecular flexibility index (Phi) is 4.77. The van der Waals surface area contributed by atoms with E-state index < -0.39 is 15.7 Å². The van der Waals surface area contributed by atoms with Crippen molar-refractivity contribution in [2.45, 2.75) is 11.4 Å². The summed E-state index contributed by atoms with van der Waals surface area (Å²) in [6, 6.07) is 13.6. The summed E-state index contributed by atoms with van der Waals surface area (Å²) < 4.78 is 24.9. The number of amides is 1. The van der Waals surface area contributed by atoms with Crippen molar-refractivity contribution in [2.24, 2.45) is 0 Å². The third-order valence-electron chi connectivity index (χ3n) is 3.70. The van der Waals surface area contributed by atoms with Crippen molar-refractivity contribution in [1.29, 1.82) is 0 Å². The van der Waals surface area contributed by atoms with E-state index in [0.29, 0.717) is 12.1 Å². The average molecular weight is 371 g/mol. The lowest BCUT2D eigenvalue weighted by molar-refractivity contribution is 0.102. The highest BCUT2D eigenvalue weighted by molar-refractivity contribution is 7.90. The molecular weight excluding hydrogens is 354 g/mol. The minimum atomic E-state index is -3.60. The Morgan fingerprint density at radius 2 is 1.92 bits per heavy atom. The number of nitrogens with one attached hydrogen (secondary N) is 1. The fraction of sp³-hybridized carbons (Fsp3) is 0.111. The molecule has 3 rings (SSSR count). The quantitative estimate of drug-likeness (QED) is 0.670. The van der Waals surface area contributed by atoms with Gasteiger partial charge in [-0.25, -0.2) is 8.42 Å². The van der Waals surface area contributed by atoms with Gasteiger partial charge in [0.2, 0.25) is 0 Å². The number of sulfone groups is 1. The Morgan fingerprint density at radius 3 is 2.62 bits per heavy atom. The minimum Gasteiger partial charge on any atom is -0.507 e. The van der Waals surface area contributed by atoms with Crippen LogP contribution in [0, 0.1) is 0 Å². The fourth-order valence-corrected chi connectivity index (χ4v) is 3.22. The minimum absolute atomic E-state index is 0.241. The fourth-order valence-electron chi connectivity index (χ4n) is 2.43. The van der Waals surface area contributed by atoms with Crippen LogP contribution >= 0.6 is 0 Å². The van der Waals surface area contributed by atoms with Crippen LogP contribution in [-0.2, 0) is 16.4 Å². The van der Waals surface area contributed by atoms with E-state index in [1.807, 2.05) is 30.3 Å². The molecule has 0 radical (unpaired) electrons. The Labute approximate surface area is 150 Å². The summed E-state index contributed by atoms with van der Waals surface area (Å²) in [5, 5.41) is 16.4. The Morgan fingerprint density at radius 1 is 1.19 bits per heavy atom. The molecule has 1 heterocycles. The lowest BCUT2D eigenvalue weighted by Crippen LogP contribution is -2.12. The zero-order valence-corrected chi connectivity index (χ0v) is 14.8. The van der Waals surface area contributed by atoms with Crippen LogP contribution < -0.4 is 5.32 Å². The van der Waals surface area contributed by atoms with E-state index in [2.05, 4.69) is 10.4 Å². The van der Waals surface area contributed by atoms with Crippen LogP contribution in [0.1, 0.15) is 15.9 Å². The van der Waals surface area contributed by atoms with E-state index in [1.165, 1.54) is 24.4 Å². The average Bonchev–Trinajstić information content (AvgIpc) is 3.05. The van der Waals surface area contributed by atoms with E-state index in [9.17, 15) is 18.3 Å². The van der Waals surface area contributed by atoms with Gasteiger partial charge in [0.05, 0.1) is 18.3 Å². The molecule has 0 bridgehead atoms. The monoisotopic (exact) mass is 371 g/mol. The lowest BCUT2D eigenvalue weighted by atomic mass is 10.2. The topological polar surface area (TPSA) is 101 Å². The number of carbonyl (C=O) groups is 1. The van der Waals surface area contributed by atoms with Crippen LogP contribution in [0.2, 0.25) is 0 Å². The molecule has 26 heavy (non-hydrogen) atoms. The SMILES string of the molecule is CS(=O)(=O)c1cc(NC(=O)c2cnn(Cc3ccccc3)c2)ccc1O. The Bertz CT molecular complexity index is 1040. The first-order valence-electron chi connectivity index (χ1n) is 7.74. The van der Waals surface area contributed by atoms with Crippen LogP contribution in [-0.4, -0.2) is 35.5 Å². The van der Waals surface area contributed by atoms with Gasteiger partial charge in [-0.15, -0.1) is 0 Å². The molecule has 0 unspecified atom stereocenters. The number of rotatable bonds is 5. The van der Waals surface area contributed by atoms with Gasteiger partial charge in [0, 0.05) is 18.1 Å². The molecule has 0 saturated carbocycles. The van der Waals surface area contributed by atoms with Crippen molar-refractivity contribution in [3.05, 3.63) is 72.1 Å². The first-order valence-corrected chi connectivity index (χ1v) is 9.63. The third-order valence-corrected chi connectivity index (χ3v) is 4.83. The second-order valence-electron chi connectivity index (χ2n) is 5.82. The molecular formula is C18H17N3O4S. The largest absolute Gasteiger partial charge is 0.507 e. The van der Waals surface area contributed by atoms with E-state index in [-0.39, 0.29) is 16.3 Å². The summed E-state index contributed by atoms with van der Waals surface area (Å²) in [5.74, 6) is -0.782. The van der Waals surface area contributed by atoms with Crippen molar-refractivity contribution in [1.82, 2.24) is 9.78 Å². The van der Waals surface area contributed by atoms with Crippen molar-refractivity contribution in [2.75, 3.05) is 11.6 Å². The van der Waals surface area contributed by atoms with Crippen LogP contribution in [0.5, 0.6) is 5.75 Å². The summed E-state index contributed by atoms with van der Waals surface area (Å²) in [6.07, 6.45) is 4.04. The number of aromatic nitrogens is 2. The zero-order chi connectivity index (χ0) is 18.7. The molecule has 0 aliphatic heterocycles. The molecule has 134 valence electrons. The van der Waals surface area contributed by atoms with E-state index in [1.54, 1.807) is 10.9 Å². The van der Waals surface area contributed by atoms with E-state index in [4.69, 9.17) is 0 Å². The normalized spacial score (nSPS) is 11.3. The number of phenolic OH excluding ortho intramolecular Hbond substituents is 1. The number of nitrogens with zero attached hydrogens (tertiary/aromatic N) is 2. The maximum absolute atomic E-state index is 12.3. The molecule has 8 heteroatoms. The number of anilines is 1. The summed E-state index contributed by atoms with van der Waals surface area (Å²) in [5.41, 5.74) is 1.66. The lowest BCUT2D eigenvalue weighted by Gasteiger charge is -2.07. The summed E-state index contributed by atoms with van der Waals surface area (Å²) in [6.45, 7) is 0.533. The highest BCUT2D eigenvalue weighted by Gasteiger charge is 2.15. The number of hydrogen-bond acceptors (Lipinski definition) is 5. The molecule has 1 aromatic heterocycles. The summed E-state index contributed by atoms with van der Waals surface area (Å²) in [7, 11) is -3.60. The molecule has 1 amide bonds. The van der Waals surface area contributed by atoms with Crippen molar-refractivity contribution >= 4 is 21.4 Å². The second-order valence-corrected chi connectivity index (χ2v) is 7.81. The molecule has 0 fully saturated rings. The number of hydrogen-bond donors (Lipinski definition) is 2. The van der Waals surface area contributed by atoms with Gasteiger partial charge in [-0.1, -0.05) is 30.3 Å². The summed E-state index contributed by atoms with van der Waals surface area (Å²) in [4.78, 5) is 12.1. The first kappa shape index (κ1) is 17.7. The molecule has 0 atom stereocenters. The summed E-state index contributed by atoms with van der Waals surface area (Å²) >= 11 is 0. The molecule has 0 aliphatic carbocycles. The second kappa shape index (κ2) is 7.01. The Hall–Kier alpha value is -3.13. The zero-order valence-electron chi connectivity index (χ0n) is 14.0. The van der Waals surface area contributed by atoms with Gasteiger partial charge in [0.25, 0.3) is 5.91 Å². The molecule has 0 spiro atoms. The number of carbonyl (C=O) groups excluding carboxylic acids is 1. The predicted octanol–water partition coefficient (Wildman–Crippen LogP) is 2.29. The molecule has 0 saturated heterocycles. The third kappa shape index (κ3) is 4.09. The van der Waals surface area contributed by atoms with Gasteiger partial charge in [0.15, 0.2) is 9.84 Å². The van der Waals surface area contributed by atoms with Gasteiger partial charge >= 0.3 is 0 Å². The first-order chi connectivity index (χ1) is 12.3. The Balaban J connectivity index is 1.75. The number of benzene rings is 2. The van der Waals surface area contributed by atoms with Gasteiger partial charge in [-0.3, -0.25) is 9.48 Å². The standard InChI is InChI=1S/C18H17N3O4S/c1-26(24,25)17-9-15(7-8-16(17)22)20-18(23)14-10-19-21(12-14)11-13-5-3-2-4-6-13/h2-10,12,22H,11H2,1H3,(H,20,23). The van der Waals surface area contributed by atoms with E-state index in [0.717, 1.165) is 11.8 Å². The molecule has 3 aromatic rings. The molecule has 2 N–H and O–H groups in total. The van der Waals surface area contributed by atoms with E-state index >= 15 is 0 Å². The molecule has 2 aromatic carbocycles. The van der Waals surface area contributed by atoms with Crippen LogP contribution in [0.3, 0.4) is 0 Å². The van der Waals surface area contributed by atoms with Gasteiger partial charge in [-0.05, 0) is 23.8 Å². The number of aromatic hydroxyl groups is 1. The highest BCUT2D eigenvalue weighted by atomic mass is 32.2. The molecule has 0 aliphatic rings. The van der Waals surface area contributed by atoms with Crippen molar-refractivity contribution < 1.29 is 18.3 Å². The smallest absolute Gasteiger partial charge is 0.258 e. The van der Waals surface area contributed by atoms with Crippen LogP contribution in [0.15, 0.2) is 65.8 Å². The van der Waals surface area contributed by atoms with Crippen LogP contribution in [0.25, 0.3) is 0 Å². The van der Waals surface area contributed by atoms with Crippen molar-refractivity contribution in [3.8, 4) is 5.75 Å². The highest BCUT2D eigenvalue weighted by Crippen LogP contribution is 2.26. The van der Waals surface area contributed by atoms with Gasteiger partial charge in [-0.2, -0.15) is 5.10 Å². The van der Waals surface area contributed by atoms with Crippen molar-refractivity contribution in [3.63, 3.8) is 0 Å². The molecule has 7 nitrogen and oxygen atoms in total. The number of phenols is 1. The van der Waals surface area contributed by atoms with Crippen LogP contribution in [0.4, 0.5) is 5.69 Å². The maximum atomic E-state index is 12.3.